The van der Waals surface area contributed by atoms with Gasteiger partial charge in [-0.25, -0.2) is 0 Å². The maximum Gasteiger partial charge on any atom is 0.293 e. The van der Waals surface area contributed by atoms with Crippen molar-refractivity contribution in [2.75, 3.05) is 27.4 Å². The summed E-state index contributed by atoms with van der Waals surface area (Å²) in [6.07, 6.45) is 1.66. The fraction of sp³-hybridized carbons (Fsp3) is 0.185. The number of hydrogen-bond donors (Lipinski definition) is 0. The maximum absolute atomic E-state index is 12.9. The number of rotatable bonds is 10. The van der Waals surface area contributed by atoms with Gasteiger partial charge in [-0.1, -0.05) is 41.9 Å². The molecule has 1 saturated heterocycles. The van der Waals surface area contributed by atoms with E-state index < -0.39 is 0 Å². The normalized spacial score (nSPS) is 14.3. The highest BCUT2D eigenvalue weighted by Crippen LogP contribution is 2.35. The molecular weight excluding hydrogens is 502 g/mol. The molecule has 0 atom stereocenters. The molecule has 1 aliphatic heterocycles. The van der Waals surface area contributed by atoms with Gasteiger partial charge in [0.2, 0.25) is 0 Å². The zero-order valence-corrected chi connectivity index (χ0v) is 21.3. The van der Waals surface area contributed by atoms with Crippen LogP contribution >= 0.6 is 23.4 Å². The largest absolute Gasteiger partial charge is 0.493 e. The van der Waals surface area contributed by atoms with E-state index in [0.29, 0.717) is 45.1 Å². The first-order chi connectivity index (χ1) is 17.5. The van der Waals surface area contributed by atoms with E-state index in [4.69, 9.17) is 30.5 Å². The van der Waals surface area contributed by atoms with Crippen LogP contribution in [0.4, 0.5) is 4.79 Å². The third-order valence-electron chi connectivity index (χ3n) is 5.31. The van der Waals surface area contributed by atoms with Gasteiger partial charge in [0.05, 0.1) is 25.7 Å². The topological polar surface area (TPSA) is 74.3 Å². The smallest absolute Gasteiger partial charge is 0.293 e. The zero-order valence-electron chi connectivity index (χ0n) is 19.7. The van der Waals surface area contributed by atoms with Crippen molar-refractivity contribution >= 4 is 40.6 Å². The molecule has 1 fully saturated rings. The van der Waals surface area contributed by atoms with Crippen molar-refractivity contribution in [1.82, 2.24) is 4.90 Å². The molecule has 2 amide bonds. The quantitative estimate of drug-likeness (QED) is 0.298. The van der Waals surface area contributed by atoms with E-state index in [1.807, 2.05) is 24.3 Å². The van der Waals surface area contributed by atoms with Crippen LogP contribution in [0.3, 0.4) is 0 Å². The highest BCUT2D eigenvalue weighted by atomic mass is 35.5. The molecule has 0 unspecified atom stereocenters. The second-order valence-corrected chi connectivity index (χ2v) is 9.09. The van der Waals surface area contributed by atoms with Crippen LogP contribution in [0.15, 0.2) is 71.6 Å². The molecule has 9 heteroatoms. The molecule has 0 N–H and O–H groups in total. The average Bonchev–Trinajstić information content (AvgIpc) is 3.16. The van der Waals surface area contributed by atoms with Gasteiger partial charge in [-0.3, -0.25) is 14.5 Å². The number of hydrogen-bond acceptors (Lipinski definition) is 7. The van der Waals surface area contributed by atoms with E-state index in [1.54, 1.807) is 62.8 Å². The Balaban J connectivity index is 1.39. The maximum atomic E-state index is 12.9. The second-order valence-electron chi connectivity index (χ2n) is 7.66. The zero-order chi connectivity index (χ0) is 25.5. The average molecular weight is 526 g/mol. The molecular formula is C27H24ClNO6S. The molecule has 4 rings (SSSR count). The SMILES string of the molecule is COc1ccccc1OCCN1C(=O)S/C(=C\c2ccc(OCc3ccc(Cl)cc3)c(OC)c2)C1=O. The van der Waals surface area contributed by atoms with Gasteiger partial charge in [0.1, 0.15) is 13.2 Å². The fourth-order valence-corrected chi connectivity index (χ4v) is 4.46. The minimum Gasteiger partial charge on any atom is -0.493 e. The summed E-state index contributed by atoms with van der Waals surface area (Å²) >= 11 is 6.82. The van der Waals surface area contributed by atoms with Gasteiger partial charge in [0.25, 0.3) is 11.1 Å². The Morgan fingerprint density at radius 1 is 0.861 bits per heavy atom. The number of halogens is 1. The Labute approximate surface area is 218 Å². The van der Waals surface area contributed by atoms with E-state index in [-0.39, 0.29) is 24.3 Å². The molecule has 0 aliphatic carbocycles. The first kappa shape index (κ1) is 25.5. The van der Waals surface area contributed by atoms with Gasteiger partial charge in [0, 0.05) is 5.02 Å². The van der Waals surface area contributed by atoms with Gasteiger partial charge < -0.3 is 18.9 Å². The van der Waals surface area contributed by atoms with Crippen molar-refractivity contribution in [2.24, 2.45) is 0 Å². The van der Waals surface area contributed by atoms with Crippen molar-refractivity contribution in [3.63, 3.8) is 0 Å². The van der Waals surface area contributed by atoms with Crippen molar-refractivity contribution < 1.29 is 28.5 Å². The summed E-state index contributed by atoms with van der Waals surface area (Å²) in [6, 6.07) is 19.9. The van der Waals surface area contributed by atoms with E-state index in [1.165, 1.54) is 4.90 Å². The number of methoxy groups -OCH3 is 2. The lowest BCUT2D eigenvalue weighted by molar-refractivity contribution is -0.123. The number of imide groups is 1. The Morgan fingerprint density at radius 2 is 1.56 bits per heavy atom. The van der Waals surface area contributed by atoms with E-state index in [0.717, 1.165) is 17.3 Å². The van der Waals surface area contributed by atoms with Gasteiger partial charge >= 0.3 is 0 Å². The summed E-state index contributed by atoms with van der Waals surface area (Å²) in [6.45, 7) is 0.628. The number of benzene rings is 3. The number of carbonyl (C=O) groups excluding carboxylic acids is 2. The second kappa shape index (κ2) is 11.9. The lowest BCUT2D eigenvalue weighted by Crippen LogP contribution is -2.32. The molecule has 7 nitrogen and oxygen atoms in total. The molecule has 3 aromatic carbocycles. The molecule has 0 bridgehead atoms. The number of ether oxygens (including phenoxy) is 4. The van der Waals surface area contributed by atoms with Crippen LogP contribution in [-0.4, -0.2) is 43.4 Å². The Bertz CT molecular complexity index is 1280. The molecule has 3 aromatic rings. The highest BCUT2D eigenvalue weighted by molar-refractivity contribution is 8.18. The molecule has 0 radical (unpaired) electrons. The van der Waals surface area contributed by atoms with Gasteiger partial charge in [-0.05, 0) is 65.4 Å². The Morgan fingerprint density at radius 3 is 2.28 bits per heavy atom. The lowest BCUT2D eigenvalue weighted by atomic mass is 10.1. The van der Waals surface area contributed by atoms with E-state index in [2.05, 4.69) is 0 Å². The summed E-state index contributed by atoms with van der Waals surface area (Å²) in [5.41, 5.74) is 1.68. The Hall–Kier alpha value is -3.62. The number of amides is 2. The van der Waals surface area contributed by atoms with Crippen LogP contribution in [-0.2, 0) is 11.4 Å². The van der Waals surface area contributed by atoms with Crippen LogP contribution in [0.5, 0.6) is 23.0 Å². The fourth-order valence-electron chi connectivity index (χ4n) is 3.46. The minimum atomic E-state index is -0.365. The Kier molecular flexibility index (Phi) is 8.40. The van der Waals surface area contributed by atoms with Gasteiger partial charge in [-0.15, -0.1) is 0 Å². The molecule has 0 aromatic heterocycles. The molecule has 0 saturated carbocycles. The molecule has 186 valence electrons. The lowest BCUT2D eigenvalue weighted by Gasteiger charge is -2.14. The van der Waals surface area contributed by atoms with Crippen LogP contribution in [0.25, 0.3) is 6.08 Å². The highest BCUT2D eigenvalue weighted by Gasteiger charge is 2.34. The van der Waals surface area contributed by atoms with Crippen molar-refractivity contribution in [2.45, 2.75) is 6.61 Å². The summed E-state index contributed by atoms with van der Waals surface area (Å²) in [5.74, 6) is 1.85. The summed E-state index contributed by atoms with van der Waals surface area (Å²) < 4.78 is 22.3. The van der Waals surface area contributed by atoms with Crippen molar-refractivity contribution in [3.8, 4) is 23.0 Å². The first-order valence-corrected chi connectivity index (χ1v) is 12.2. The van der Waals surface area contributed by atoms with E-state index >= 15 is 0 Å². The van der Waals surface area contributed by atoms with Gasteiger partial charge in [-0.2, -0.15) is 0 Å². The van der Waals surface area contributed by atoms with Crippen LogP contribution in [0.2, 0.25) is 5.02 Å². The number of carbonyl (C=O) groups is 2. The molecule has 1 aliphatic rings. The monoisotopic (exact) mass is 525 g/mol. The van der Waals surface area contributed by atoms with E-state index in [9.17, 15) is 9.59 Å². The third-order valence-corrected chi connectivity index (χ3v) is 6.47. The van der Waals surface area contributed by atoms with Crippen LogP contribution in [0.1, 0.15) is 11.1 Å². The number of nitrogens with zero attached hydrogens (tertiary/aromatic N) is 1. The first-order valence-electron chi connectivity index (χ1n) is 11.0. The summed E-state index contributed by atoms with van der Waals surface area (Å²) in [5, 5.41) is 0.318. The third kappa shape index (κ3) is 6.13. The minimum absolute atomic E-state index is 0.126. The standard InChI is InChI=1S/C27H24ClNO6S/c1-32-21-5-3-4-6-22(21)34-14-13-29-26(30)25(36-27(29)31)16-19-9-12-23(24(15-19)33-2)35-17-18-7-10-20(28)11-8-18/h3-12,15-16H,13-14,17H2,1-2H3/b25-16-. The van der Waals surface area contributed by atoms with Gasteiger partial charge in [0.15, 0.2) is 23.0 Å². The molecule has 36 heavy (non-hydrogen) atoms. The summed E-state index contributed by atoms with van der Waals surface area (Å²) in [4.78, 5) is 26.8. The van der Waals surface area contributed by atoms with Crippen LogP contribution in [0, 0.1) is 0 Å². The predicted molar refractivity (Wildman–Crippen MR) is 140 cm³/mol. The van der Waals surface area contributed by atoms with Crippen molar-refractivity contribution in [1.29, 1.82) is 0 Å². The number of thioether (sulfide) groups is 1. The summed E-state index contributed by atoms with van der Waals surface area (Å²) in [7, 11) is 3.10. The number of para-hydroxylation sites is 2. The van der Waals surface area contributed by atoms with Crippen molar-refractivity contribution in [3.05, 3.63) is 87.8 Å². The molecule has 0 spiro atoms. The molecule has 1 heterocycles. The predicted octanol–water partition coefficient (Wildman–Crippen LogP) is 6.05. The van der Waals surface area contributed by atoms with Crippen LogP contribution < -0.4 is 18.9 Å².